The molecule has 1 atom stereocenters. The highest BCUT2D eigenvalue weighted by Gasteiger charge is 2.29. The minimum atomic E-state index is -3.77. The van der Waals surface area contributed by atoms with Gasteiger partial charge in [-0.2, -0.15) is 4.31 Å². The van der Waals surface area contributed by atoms with Crippen molar-refractivity contribution in [3.05, 3.63) is 59.4 Å². The number of methoxy groups -OCH3 is 1. The minimum absolute atomic E-state index is 0.0270. The van der Waals surface area contributed by atoms with Crippen molar-refractivity contribution in [1.29, 1.82) is 0 Å². The van der Waals surface area contributed by atoms with Crippen LogP contribution < -0.4 is 10.1 Å². The second kappa shape index (κ2) is 9.54. The molecule has 0 bridgehead atoms. The number of carbonyl (C=O) groups excluding carboxylic acids is 1. The van der Waals surface area contributed by atoms with Crippen molar-refractivity contribution in [3.63, 3.8) is 0 Å². The molecule has 176 valence electrons. The molecule has 1 saturated heterocycles. The van der Waals surface area contributed by atoms with Crippen molar-refractivity contribution in [3.8, 4) is 5.75 Å². The number of rotatable bonds is 7. The van der Waals surface area contributed by atoms with Gasteiger partial charge in [0.05, 0.1) is 32.8 Å². The van der Waals surface area contributed by atoms with Gasteiger partial charge in [-0.25, -0.2) is 8.42 Å². The molecule has 8 nitrogen and oxygen atoms in total. The van der Waals surface area contributed by atoms with Gasteiger partial charge in [-0.15, -0.1) is 0 Å². The van der Waals surface area contributed by atoms with Crippen molar-refractivity contribution in [2.75, 3.05) is 33.4 Å². The topological polar surface area (TPSA) is 98.1 Å². The summed E-state index contributed by atoms with van der Waals surface area (Å²) in [6.45, 7) is 5.10. The average molecular weight is 473 g/mol. The SMILES string of the molecule is COc1ccc(CC(=O)NC(C)c2oc3ccccc3c2C)cc1S(=O)(=O)N1CCOCC1. The van der Waals surface area contributed by atoms with Crippen LogP contribution in [0.25, 0.3) is 11.0 Å². The molecular weight excluding hydrogens is 444 g/mol. The van der Waals surface area contributed by atoms with Gasteiger partial charge in [0.25, 0.3) is 0 Å². The van der Waals surface area contributed by atoms with Gasteiger partial charge in [0, 0.05) is 24.0 Å². The van der Waals surface area contributed by atoms with E-state index < -0.39 is 10.0 Å². The highest BCUT2D eigenvalue weighted by Crippen LogP contribution is 2.30. The fourth-order valence-corrected chi connectivity index (χ4v) is 5.72. The molecule has 0 spiro atoms. The number of aryl methyl sites for hydroxylation is 1. The van der Waals surface area contributed by atoms with Crippen LogP contribution in [0.4, 0.5) is 0 Å². The van der Waals surface area contributed by atoms with E-state index in [4.69, 9.17) is 13.9 Å². The number of nitrogens with one attached hydrogen (secondary N) is 1. The number of fused-ring (bicyclic) bond motifs is 1. The highest BCUT2D eigenvalue weighted by atomic mass is 32.2. The first-order valence-corrected chi connectivity index (χ1v) is 12.3. The Balaban J connectivity index is 1.52. The maximum Gasteiger partial charge on any atom is 0.246 e. The lowest BCUT2D eigenvalue weighted by molar-refractivity contribution is -0.121. The van der Waals surface area contributed by atoms with Crippen LogP contribution in [0.15, 0.2) is 51.8 Å². The number of ether oxygens (including phenoxy) is 2. The summed E-state index contributed by atoms with van der Waals surface area (Å²) in [7, 11) is -2.34. The molecule has 1 aliphatic rings. The molecule has 1 fully saturated rings. The zero-order valence-electron chi connectivity index (χ0n) is 19.0. The number of morpholine rings is 1. The number of hydrogen-bond donors (Lipinski definition) is 1. The maximum atomic E-state index is 13.2. The average Bonchev–Trinajstić information content (AvgIpc) is 3.16. The van der Waals surface area contributed by atoms with E-state index >= 15 is 0 Å². The summed E-state index contributed by atoms with van der Waals surface area (Å²) in [6, 6.07) is 12.2. The second-order valence-corrected chi connectivity index (χ2v) is 9.96. The zero-order valence-corrected chi connectivity index (χ0v) is 19.8. The van der Waals surface area contributed by atoms with Gasteiger partial charge in [0.15, 0.2) is 0 Å². The van der Waals surface area contributed by atoms with Crippen molar-refractivity contribution in [2.45, 2.75) is 31.2 Å². The summed E-state index contributed by atoms with van der Waals surface area (Å²) in [4.78, 5) is 12.8. The predicted octanol–water partition coefficient (Wildman–Crippen LogP) is 3.19. The van der Waals surface area contributed by atoms with Crippen LogP contribution >= 0.6 is 0 Å². The van der Waals surface area contributed by atoms with Crippen LogP contribution in [0, 0.1) is 6.92 Å². The lowest BCUT2D eigenvalue weighted by Crippen LogP contribution is -2.40. The van der Waals surface area contributed by atoms with Crippen molar-refractivity contribution >= 4 is 26.9 Å². The Kier molecular flexibility index (Phi) is 6.73. The number of sulfonamides is 1. The van der Waals surface area contributed by atoms with E-state index in [1.54, 1.807) is 12.1 Å². The minimum Gasteiger partial charge on any atom is -0.495 e. The van der Waals surface area contributed by atoms with Crippen LogP contribution in [-0.4, -0.2) is 52.0 Å². The Morgan fingerprint density at radius 2 is 1.91 bits per heavy atom. The normalized spacial score (nSPS) is 16.0. The monoisotopic (exact) mass is 472 g/mol. The molecule has 1 aliphatic heterocycles. The van der Waals surface area contributed by atoms with E-state index in [0.29, 0.717) is 24.5 Å². The first-order chi connectivity index (χ1) is 15.8. The first kappa shape index (κ1) is 23.3. The molecule has 0 radical (unpaired) electrons. The highest BCUT2D eigenvalue weighted by molar-refractivity contribution is 7.89. The molecule has 2 heterocycles. The molecule has 1 amide bonds. The van der Waals surface area contributed by atoms with Crippen LogP contribution in [0.5, 0.6) is 5.75 Å². The summed E-state index contributed by atoms with van der Waals surface area (Å²) in [6.07, 6.45) is 0.0270. The Morgan fingerprint density at radius 1 is 1.18 bits per heavy atom. The molecule has 1 unspecified atom stereocenters. The standard InChI is InChI=1S/C24H28N2O6S/c1-16-19-6-4-5-7-20(19)32-24(16)17(2)25-23(27)15-18-8-9-21(30-3)22(14-18)33(28,29)26-10-12-31-13-11-26/h4-9,14,17H,10-13,15H2,1-3H3,(H,25,27). The van der Waals surface area contributed by atoms with E-state index in [9.17, 15) is 13.2 Å². The van der Waals surface area contributed by atoms with Gasteiger partial charge in [0.2, 0.25) is 15.9 Å². The Hall–Kier alpha value is -2.88. The third-order valence-electron chi connectivity index (χ3n) is 5.83. The number of para-hydroxylation sites is 1. The number of nitrogens with zero attached hydrogens (tertiary/aromatic N) is 1. The van der Waals surface area contributed by atoms with Gasteiger partial charge in [-0.05, 0) is 37.6 Å². The van der Waals surface area contributed by atoms with E-state index in [1.165, 1.54) is 17.5 Å². The van der Waals surface area contributed by atoms with Crippen LogP contribution in [0.1, 0.15) is 29.9 Å². The lowest BCUT2D eigenvalue weighted by atomic mass is 10.1. The molecule has 0 saturated carbocycles. The third-order valence-corrected chi connectivity index (χ3v) is 7.75. The smallest absolute Gasteiger partial charge is 0.246 e. The number of carbonyl (C=O) groups is 1. The fourth-order valence-electron chi connectivity index (χ4n) is 4.11. The van der Waals surface area contributed by atoms with Crippen molar-refractivity contribution in [2.24, 2.45) is 0 Å². The van der Waals surface area contributed by atoms with Crippen molar-refractivity contribution < 1.29 is 27.1 Å². The number of benzene rings is 2. The van der Waals surface area contributed by atoms with Gasteiger partial charge in [0.1, 0.15) is 22.0 Å². The molecule has 2 aromatic carbocycles. The molecule has 33 heavy (non-hydrogen) atoms. The predicted molar refractivity (Wildman–Crippen MR) is 124 cm³/mol. The summed E-state index contributed by atoms with van der Waals surface area (Å²) >= 11 is 0. The quantitative estimate of drug-likeness (QED) is 0.567. The van der Waals surface area contributed by atoms with Crippen LogP contribution in [0.3, 0.4) is 0 Å². The summed E-state index contributed by atoms with van der Waals surface area (Å²) in [5.74, 6) is 0.717. The van der Waals surface area contributed by atoms with Gasteiger partial charge in [-0.1, -0.05) is 24.3 Å². The third kappa shape index (κ3) is 4.75. The summed E-state index contributed by atoms with van der Waals surface area (Å²) < 4.78 is 44.2. The molecule has 4 rings (SSSR count). The summed E-state index contributed by atoms with van der Waals surface area (Å²) in [5.41, 5.74) is 2.34. The molecule has 0 aliphatic carbocycles. The largest absolute Gasteiger partial charge is 0.495 e. The van der Waals surface area contributed by atoms with Gasteiger partial charge >= 0.3 is 0 Å². The van der Waals surface area contributed by atoms with E-state index in [1.807, 2.05) is 38.1 Å². The number of hydrogen-bond acceptors (Lipinski definition) is 6. The first-order valence-electron chi connectivity index (χ1n) is 10.8. The molecular formula is C24H28N2O6S. The second-order valence-electron chi connectivity index (χ2n) is 8.06. The molecule has 1 aromatic heterocycles. The van der Waals surface area contributed by atoms with E-state index in [2.05, 4.69) is 5.32 Å². The van der Waals surface area contributed by atoms with Crippen molar-refractivity contribution in [1.82, 2.24) is 9.62 Å². The van der Waals surface area contributed by atoms with Gasteiger partial charge < -0.3 is 19.2 Å². The van der Waals surface area contributed by atoms with Crippen LogP contribution in [-0.2, 0) is 26.0 Å². The molecule has 1 N–H and O–H groups in total. The molecule has 9 heteroatoms. The maximum absolute atomic E-state index is 13.2. The number of amides is 1. The zero-order chi connectivity index (χ0) is 23.6. The Labute approximate surface area is 193 Å². The Bertz CT molecular complexity index is 1260. The Morgan fingerprint density at radius 3 is 2.61 bits per heavy atom. The van der Waals surface area contributed by atoms with E-state index in [0.717, 1.165) is 16.5 Å². The van der Waals surface area contributed by atoms with Gasteiger partial charge in [-0.3, -0.25) is 4.79 Å². The molecule has 3 aromatic rings. The van der Waals surface area contributed by atoms with Crippen LogP contribution in [0.2, 0.25) is 0 Å². The fraction of sp³-hybridized carbons (Fsp3) is 0.375. The van der Waals surface area contributed by atoms with E-state index in [-0.39, 0.29) is 42.1 Å². The summed E-state index contributed by atoms with van der Waals surface area (Å²) in [5, 5.41) is 3.97. The lowest BCUT2D eigenvalue weighted by Gasteiger charge is -2.26. The number of furan rings is 1.